The lowest BCUT2D eigenvalue weighted by atomic mass is 9.97. The minimum Gasteiger partial charge on any atom is -0.395 e. The fourth-order valence-corrected chi connectivity index (χ4v) is 2.05. The van der Waals surface area contributed by atoms with Crippen LogP contribution in [0.15, 0.2) is 11.6 Å². The second kappa shape index (κ2) is 8.25. The summed E-state index contributed by atoms with van der Waals surface area (Å²) in [5.74, 6) is 0.101. The predicted molar refractivity (Wildman–Crippen MR) is 66.7 cm³/mol. The first-order chi connectivity index (χ1) is 8.27. The lowest BCUT2D eigenvalue weighted by Gasteiger charge is -2.22. The van der Waals surface area contributed by atoms with Crippen LogP contribution >= 0.6 is 0 Å². The van der Waals surface area contributed by atoms with Gasteiger partial charge in [0.1, 0.15) is 0 Å². The van der Waals surface area contributed by atoms with E-state index >= 15 is 0 Å². The van der Waals surface area contributed by atoms with Gasteiger partial charge in [0, 0.05) is 26.6 Å². The monoisotopic (exact) mass is 241 g/mol. The van der Waals surface area contributed by atoms with Gasteiger partial charge in [-0.25, -0.2) is 0 Å². The van der Waals surface area contributed by atoms with E-state index in [1.165, 1.54) is 18.4 Å². The molecule has 0 aromatic heterocycles. The standard InChI is InChI=1S/C13H23NO3/c1-17-10-8-14(7-9-15)13(16)11-12-5-3-2-4-6-12/h5,15H,2-4,6-11H2,1H3. The molecule has 0 saturated carbocycles. The highest BCUT2D eigenvalue weighted by Gasteiger charge is 2.15. The number of carbonyl (C=O) groups excluding carboxylic acids is 1. The molecule has 1 aliphatic rings. The summed E-state index contributed by atoms with van der Waals surface area (Å²) in [6, 6.07) is 0. The molecule has 0 spiro atoms. The van der Waals surface area contributed by atoms with Gasteiger partial charge in [0.05, 0.1) is 13.2 Å². The Morgan fingerprint density at radius 1 is 1.47 bits per heavy atom. The highest BCUT2D eigenvalue weighted by atomic mass is 16.5. The second-order valence-corrected chi connectivity index (χ2v) is 4.38. The number of carbonyl (C=O) groups is 1. The van der Waals surface area contributed by atoms with E-state index in [0.717, 1.165) is 12.8 Å². The Hall–Kier alpha value is -0.870. The minimum absolute atomic E-state index is 0.00843. The molecule has 0 bridgehead atoms. The zero-order valence-corrected chi connectivity index (χ0v) is 10.7. The normalized spacial score (nSPS) is 15.5. The van der Waals surface area contributed by atoms with Crippen LogP contribution in [-0.4, -0.2) is 49.3 Å². The molecule has 0 saturated heterocycles. The number of hydrogen-bond donors (Lipinski definition) is 1. The van der Waals surface area contributed by atoms with Crippen LogP contribution in [0.1, 0.15) is 32.1 Å². The Bertz CT molecular complexity index is 263. The lowest BCUT2D eigenvalue weighted by molar-refractivity contribution is -0.131. The van der Waals surface area contributed by atoms with E-state index in [-0.39, 0.29) is 12.5 Å². The van der Waals surface area contributed by atoms with Crippen molar-refractivity contribution in [3.63, 3.8) is 0 Å². The maximum Gasteiger partial charge on any atom is 0.226 e. The van der Waals surface area contributed by atoms with Crippen molar-refractivity contribution in [2.24, 2.45) is 0 Å². The Kier molecular flexibility index (Phi) is 6.89. The largest absolute Gasteiger partial charge is 0.395 e. The maximum absolute atomic E-state index is 12.0. The summed E-state index contributed by atoms with van der Waals surface area (Å²) in [5.41, 5.74) is 1.25. The van der Waals surface area contributed by atoms with E-state index in [4.69, 9.17) is 9.84 Å². The van der Waals surface area contributed by atoms with Gasteiger partial charge in [-0.15, -0.1) is 0 Å². The molecular formula is C13H23NO3. The first-order valence-electron chi connectivity index (χ1n) is 6.33. The Morgan fingerprint density at radius 2 is 2.29 bits per heavy atom. The highest BCUT2D eigenvalue weighted by molar-refractivity contribution is 5.78. The van der Waals surface area contributed by atoms with Crippen molar-refractivity contribution in [1.82, 2.24) is 4.90 Å². The van der Waals surface area contributed by atoms with Crippen LogP contribution in [0.2, 0.25) is 0 Å². The third-order valence-electron chi connectivity index (χ3n) is 3.05. The summed E-state index contributed by atoms with van der Waals surface area (Å²) in [7, 11) is 1.62. The van der Waals surface area contributed by atoms with Gasteiger partial charge in [0.25, 0.3) is 0 Å². The molecule has 17 heavy (non-hydrogen) atoms. The topological polar surface area (TPSA) is 49.8 Å². The number of nitrogens with zero attached hydrogens (tertiary/aromatic N) is 1. The van der Waals surface area contributed by atoms with Crippen LogP contribution in [0.25, 0.3) is 0 Å². The van der Waals surface area contributed by atoms with E-state index in [0.29, 0.717) is 26.1 Å². The van der Waals surface area contributed by atoms with Crippen LogP contribution in [0.4, 0.5) is 0 Å². The van der Waals surface area contributed by atoms with E-state index in [9.17, 15) is 4.79 Å². The molecule has 4 nitrogen and oxygen atoms in total. The van der Waals surface area contributed by atoms with Crippen LogP contribution in [0, 0.1) is 0 Å². The quantitative estimate of drug-likeness (QED) is 0.684. The highest BCUT2D eigenvalue weighted by Crippen LogP contribution is 2.20. The SMILES string of the molecule is COCCN(CCO)C(=O)CC1=CCCCC1. The number of methoxy groups -OCH3 is 1. The first-order valence-corrected chi connectivity index (χ1v) is 6.33. The molecule has 98 valence electrons. The lowest BCUT2D eigenvalue weighted by Crippen LogP contribution is -2.36. The average Bonchev–Trinajstić information content (AvgIpc) is 2.35. The molecule has 0 aromatic carbocycles. The number of rotatable bonds is 7. The molecule has 0 fully saturated rings. The molecule has 1 N–H and O–H groups in total. The average molecular weight is 241 g/mol. The molecule has 0 heterocycles. The summed E-state index contributed by atoms with van der Waals surface area (Å²) in [6.07, 6.45) is 7.27. The summed E-state index contributed by atoms with van der Waals surface area (Å²) < 4.78 is 4.97. The molecule has 4 heteroatoms. The summed E-state index contributed by atoms with van der Waals surface area (Å²) in [5, 5.41) is 8.94. The predicted octanol–water partition coefficient (Wildman–Crippen LogP) is 1.34. The fourth-order valence-electron chi connectivity index (χ4n) is 2.05. The molecule has 0 radical (unpaired) electrons. The van der Waals surface area contributed by atoms with Crippen molar-refractivity contribution in [1.29, 1.82) is 0 Å². The zero-order valence-electron chi connectivity index (χ0n) is 10.7. The third kappa shape index (κ3) is 5.33. The molecule has 1 aliphatic carbocycles. The number of hydrogen-bond acceptors (Lipinski definition) is 3. The molecule has 1 amide bonds. The molecule has 0 unspecified atom stereocenters. The van der Waals surface area contributed by atoms with Crippen molar-refractivity contribution in [2.75, 3.05) is 33.4 Å². The van der Waals surface area contributed by atoms with Crippen molar-refractivity contribution >= 4 is 5.91 Å². The van der Waals surface area contributed by atoms with Gasteiger partial charge >= 0.3 is 0 Å². The van der Waals surface area contributed by atoms with Crippen molar-refractivity contribution < 1.29 is 14.6 Å². The van der Waals surface area contributed by atoms with Gasteiger partial charge in [-0.1, -0.05) is 11.6 Å². The fraction of sp³-hybridized carbons (Fsp3) is 0.769. The van der Waals surface area contributed by atoms with E-state index in [1.807, 2.05) is 0 Å². The van der Waals surface area contributed by atoms with Crippen molar-refractivity contribution in [3.05, 3.63) is 11.6 Å². The number of aliphatic hydroxyl groups is 1. The number of ether oxygens (including phenoxy) is 1. The van der Waals surface area contributed by atoms with Gasteiger partial charge in [-0.05, 0) is 25.7 Å². The summed E-state index contributed by atoms with van der Waals surface area (Å²) in [6.45, 7) is 1.48. The van der Waals surface area contributed by atoms with Crippen LogP contribution < -0.4 is 0 Å². The summed E-state index contributed by atoms with van der Waals surface area (Å²) in [4.78, 5) is 13.7. The molecule has 1 rings (SSSR count). The smallest absolute Gasteiger partial charge is 0.226 e. The third-order valence-corrected chi connectivity index (χ3v) is 3.05. The van der Waals surface area contributed by atoms with Gasteiger partial charge in [0.2, 0.25) is 5.91 Å². The van der Waals surface area contributed by atoms with Crippen LogP contribution in [-0.2, 0) is 9.53 Å². The van der Waals surface area contributed by atoms with E-state index in [1.54, 1.807) is 12.0 Å². The van der Waals surface area contributed by atoms with E-state index < -0.39 is 0 Å². The van der Waals surface area contributed by atoms with Crippen molar-refractivity contribution in [2.45, 2.75) is 32.1 Å². The Labute approximate surface area is 103 Å². The molecule has 0 aliphatic heterocycles. The van der Waals surface area contributed by atoms with Crippen molar-refractivity contribution in [3.8, 4) is 0 Å². The van der Waals surface area contributed by atoms with Gasteiger partial charge < -0.3 is 14.7 Å². The zero-order chi connectivity index (χ0) is 12.5. The molecule has 0 atom stereocenters. The van der Waals surface area contributed by atoms with Gasteiger partial charge in [0.15, 0.2) is 0 Å². The maximum atomic E-state index is 12.0. The van der Waals surface area contributed by atoms with Gasteiger partial charge in [-0.2, -0.15) is 0 Å². The molecular weight excluding hydrogens is 218 g/mol. The minimum atomic E-state index is 0.00843. The van der Waals surface area contributed by atoms with E-state index in [2.05, 4.69) is 6.08 Å². The molecule has 0 aromatic rings. The van der Waals surface area contributed by atoms with Crippen LogP contribution in [0.5, 0.6) is 0 Å². The summed E-state index contributed by atoms with van der Waals surface area (Å²) >= 11 is 0. The Balaban J connectivity index is 2.42. The first kappa shape index (κ1) is 14.2. The van der Waals surface area contributed by atoms with Gasteiger partial charge in [-0.3, -0.25) is 4.79 Å². The number of aliphatic hydroxyl groups excluding tert-OH is 1. The number of amides is 1. The Morgan fingerprint density at radius 3 is 2.88 bits per heavy atom. The number of allylic oxidation sites excluding steroid dienone is 1. The second-order valence-electron chi connectivity index (χ2n) is 4.38. The van der Waals surface area contributed by atoms with Crippen LogP contribution in [0.3, 0.4) is 0 Å².